The van der Waals surface area contributed by atoms with Gasteiger partial charge in [-0.25, -0.2) is 0 Å². The molecule has 7 nitrogen and oxygen atoms in total. The maximum Gasteiger partial charge on any atom is 0.295 e. The monoisotopic (exact) mass is 501 g/mol. The summed E-state index contributed by atoms with van der Waals surface area (Å²) in [7, 11) is 4.49. The van der Waals surface area contributed by atoms with Gasteiger partial charge in [-0.1, -0.05) is 62.4 Å². The van der Waals surface area contributed by atoms with Crippen molar-refractivity contribution in [1.82, 2.24) is 4.90 Å². The summed E-state index contributed by atoms with van der Waals surface area (Å²) in [6.07, 6.45) is 0. The molecule has 1 N–H and O–H groups in total. The van der Waals surface area contributed by atoms with Crippen molar-refractivity contribution in [2.24, 2.45) is 0 Å². The van der Waals surface area contributed by atoms with Gasteiger partial charge in [-0.15, -0.1) is 0 Å². The molecule has 0 saturated carbocycles. The molecule has 1 heterocycles. The van der Waals surface area contributed by atoms with Crippen LogP contribution in [0.4, 0.5) is 0 Å². The Morgan fingerprint density at radius 3 is 1.97 bits per heavy atom. The van der Waals surface area contributed by atoms with Crippen LogP contribution in [0.3, 0.4) is 0 Å². The molecule has 0 radical (unpaired) electrons. The van der Waals surface area contributed by atoms with Crippen LogP contribution in [0.25, 0.3) is 5.76 Å². The number of ether oxygens (including phenoxy) is 3. The average Bonchev–Trinajstić information content (AvgIpc) is 3.17. The zero-order valence-corrected chi connectivity index (χ0v) is 21.6. The predicted octanol–water partition coefficient (Wildman–Crippen LogP) is 5.46. The Balaban J connectivity index is 1.94. The number of amides is 1. The van der Waals surface area contributed by atoms with Crippen LogP contribution in [0.2, 0.25) is 0 Å². The SMILES string of the molecule is COc1ccccc1CN1C(=O)C(=O)/C(=C(/O)c2c(OC)cccc2OC)C1c1ccc(C(C)C)cc1. The quantitative estimate of drug-likeness (QED) is 0.251. The minimum Gasteiger partial charge on any atom is -0.506 e. The largest absolute Gasteiger partial charge is 0.506 e. The van der Waals surface area contributed by atoms with Gasteiger partial charge >= 0.3 is 0 Å². The molecule has 3 aromatic rings. The third-order valence-electron chi connectivity index (χ3n) is 6.66. The summed E-state index contributed by atoms with van der Waals surface area (Å²) >= 11 is 0. The minimum atomic E-state index is -0.833. The second-order valence-corrected chi connectivity index (χ2v) is 9.10. The van der Waals surface area contributed by atoms with Crippen molar-refractivity contribution in [2.45, 2.75) is 32.4 Å². The highest BCUT2D eigenvalue weighted by atomic mass is 16.5. The fraction of sp³-hybridized carbons (Fsp3) is 0.267. The zero-order chi connectivity index (χ0) is 26.7. The highest BCUT2D eigenvalue weighted by Gasteiger charge is 2.47. The van der Waals surface area contributed by atoms with Gasteiger partial charge in [-0.3, -0.25) is 9.59 Å². The van der Waals surface area contributed by atoms with Crippen LogP contribution in [0.1, 0.15) is 48.1 Å². The van der Waals surface area contributed by atoms with Crippen molar-refractivity contribution in [3.05, 3.63) is 94.6 Å². The van der Waals surface area contributed by atoms with Crippen LogP contribution in [-0.4, -0.2) is 43.0 Å². The van der Waals surface area contributed by atoms with E-state index in [9.17, 15) is 14.7 Å². The highest BCUT2D eigenvalue weighted by Crippen LogP contribution is 2.44. The lowest BCUT2D eigenvalue weighted by Crippen LogP contribution is -2.29. The molecule has 3 aromatic carbocycles. The summed E-state index contributed by atoms with van der Waals surface area (Å²) in [6.45, 7) is 4.30. The van der Waals surface area contributed by atoms with Gasteiger partial charge in [-0.2, -0.15) is 0 Å². The fourth-order valence-electron chi connectivity index (χ4n) is 4.69. The number of carbonyl (C=O) groups is 2. The summed E-state index contributed by atoms with van der Waals surface area (Å²) in [6, 6.07) is 19.3. The zero-order valence-electron chi connectivity index (χ0n) is 21.6. The van der Waals surface area contributed by atoms with Crippen LogP contribution < -0.4 is 14.2 Å². The molecule has 1 unspecified atom stereocenters. The molecule has 1 aliphatic rings. The lowest BCUT2D eigenvalue weighted by molar-refractivity contribution is -0.140. The van der Waals surface area contributed by atoms with E-state index in [0.717, 1.165) is 11.1 Å². The second-order valence-electron chi connectivity index (χ2n) is 9.10. The minimum absolute atomic E-state index is 0.0278. The van der Waals surface area contributed by atoms with Crippen molar-refractivity contribution < 1.29 is 28.9 Å². The standard InChI is InChI=1S/C30H31NO6/c1-18(2)19-13-15-20(16-14-19)27-26(28(32)25-23(36-4)11-8-12-24(25)37-5)29(33)30(34)31(27)17-21-9-6-7-10-22(21)35-3/h6-16,18,27,32H,17H2,1-5H3/b28-26+. The van der Waals surface area contributed by atoms with E-state index >= 15 is 0 Å². The Hall–Kier alpha value is -4.26. The molecular weight excluding hydrogens is 470 g/mol. The molecule has 37 heavy (non-hydrogen) atoms. The number of likely N-dealkylation sites (tertiary alicyclic amines) is 1. The van der Waals surface area contributed by atoms with E-state index in [-0.39, 0.29) is 23.4 Å². The topological polar surface area (TPSA) is 85.3 Å². The van der Waals surface area contributed by atoms with E-state index in [1.54, 1.807) is 31.4 Å². The number of rotatable bonds is 8. The molecule has 1 amide bonds. The molecule has 192 valence electrons. The highest BCUT2D eigenvalue weighted by molar-refractivity contribution is 6.46. The smallest absolute Gasteiger partial charge is 0.295 e. The molecule has 4 rings (SSSR count). The number of benzene rings is 3. The maximum atomic E-state index is 13.5. The van der Waals surface area contributed by atoms with Crippen molar-refractivity contribution in [3.8, 4) is 17.2 Å². The third-order valence-corrected chi connectivity index (χ3v) is 6.66. The number of ketones is 1. The van der Waals surface area contributed by atoms with Gasteiger partial charge < -0.3 is 24.2 Å². The van der Waals surface area contributed by atoms with Gasteiger partial charge in [-0.05, 0) is 35.2 Å². The number of hydrogen-bond acceptors (Lipinski definition) is 6. The number of carbonyl (C=O) groups excluding carboxylic acids is 2. The van der Waals surface area contributed by atoms with Crippen molar-refractivity contribution >= 4 is 17.4 Å². The van der Waals surface area contributed by atoms with Crippen LogP contribution in [0.5, 0.6) is 17.2 Å². The number of para-hydroxylation sites is 1. The van der Waals surface area contributed by atoms with E-state index in [0.29, 0.717) is 28.7 Å². The van der Waals surface area contributed by atoms with Crippen LogP contribution in [0, 0.1) is 0 Å². The first-order valence-corrected chi connectivity index (χ1v) is 12.0. The van der Waals surface area contributed by atoms with E-state index in [2.05, 4.69) is 13.8 Å². The number of nitrogens with zero attached hydrogens (tertiary/aromatic N) is 1. The number of aliphatic hydroxyl groups excluding tert-OH is 1. The van der Waals surface area contributed by atoms with Gasteiger partial charge in [0.25, 0.3) is 11.7 Å². The van der Waals surface area contributed by atoms with Crippen molar-refractivity contribution in [1.29, 1.82) is 0 Å². The van der Waals surface area contributed by atoms with Crippen molar-refractivity contribution in [3.63, 3.8) is 0 Å². The Morgan fingerprint density at radius 2 is 1.41 bits per heavy atom. The maximum absolute atomic E-state index is 13.5. The van der Waals surface area contributed by atoms with E-state index in [1.807, 2.05) is 42.5 Å². The van der Waals surface area contributed by atoms with Crippen molar-refractivity contribution in [2.75, 3.05) is 21.3 Å². The van der Waals surface area contributed by atoms with Crippen LogP contribution in [0.15, 0.2) is 72.3 Å². The summed E-state index contributed by atoms with van der Waals surface area (Å²) in [5.41, 5.74) is 2.75. The molecule has 0 spiro atoms. The molecule has 1 saturated heterocycles. The molecule has 7 heteroatoms. The van der Waals surface area contributed by atoms with E-state index in [4.69, 9.17) is 14.2 Å². The first-order chi connectivity index (χ1) is 17.8. The molecule has 0 aromatic heterocycles. The lowest BCUT2D eigenvalue weighted by atomic mass is 9.92. The molecule has 1 atom stereocenters. The van der Waals surface area contributed by atoms with Gasteiger partial charge in [0, 0.05) is 5.56 Å². The Morgan fingerprint density at radius 1 is 0.838 bits per heavy atom. The first kappa shape index (κ1) is 25.8. The molecular formula is C30H31NO6. The Bertz CT molecular complexity index is 1320. The molecule has 0 aliphatic carbocycles. The number of aliphatic hydroxyl groups is 1. The van der Waals surface area contributed by atoms with E-state index in [1.165, 1.54) is 19.1 Å². The fourth-order valence-corrected chi connectivity index (χ4v) is 4.69. The number of methoxy groups -OCH3 is 3. The summed E-state index contributed by atoms with van der Waals surface area (Å²) in [4.78, 5) is 28.4. The molecule has 0 bridgehead atoms. The molecule has 1 aliphatic heterocycles. The average molecular weight is 502 g/mol. The van der Waals surface area contributed by atoms with Gasteiger partial charge in [0.1, 0.15) is 28.6 Å². The second kappa shape index (κ2) is 10.8. The Kier molecular flexibility index (Phi) is 7.53. The predicted molar refractivity (Wildman–Crippen MR) is 141 cm³/mol. The number of Topliss-reactive ketones (excluding diaryl/α,β-unsaturated/α-hetero) is 1. The lowest BCUT2D eigenvalue weighted by Gasteiger charge is -2.26. The molecule has 1 fully saturated rings. The van der Waals surface area contributed by atoms with Crippen LogP contribution in [-0.2, 0) is 16.1 Å². The number of hydrogen-bond donors (Lipinski definition) is 1. The van der Waals surface area contributed by atoms with Gasteiger partial charge in [0.15, 0.2) is 0 Å². The van der Waals surface area contributed by atoms with Gasteiger partial charge in [0.2, 0.25) is 0 Å². The van der Waals surface area contributed by atoms with E-state index < -0.39 is 17.7 Å². The first-order valence-electron chi connectivity index (χ1n) is 12.0. The third kappa shape index (κ3) is 4.77. The normalized spacial score (nSPS) is 16.8. The van der Waals surface area contributed by atoms with Gasteiger partial charge in [0.05, 0.1) is 39.5 Å². The summed E-state index contributed by atoms with van der Waals surface area (Å²) in [5, 5.41) is 11.6. The van der Waals surface area contributed by atoms with Crippen LogP contribution >= 0.6 is 0 Å². The summed E-state index contributed by atoms with van der Waals surface area (Å²) < 4.78 is 16.4. The summed E-state index contributed by atoms with van der Waals surface area (Å²) in [5.74, 6) is -0.287. The Labute approximate surface area is 216 Å².